The van der Waals surface area contributed by atoms with Gasteiger partial charge < -0.3 is 14.6 Å². The molecule has 102 valence electrons. The van der Waals surface area contributed by atoms with Crippen molar-refractivity contribution < 1.29 is 23.9 Å². The summed E-state index contributed by atoms with van der Waals surface area (Å²) in [7, 11) is 3.37. The molecule has 1 saturated heterocycles. The van der Waals surface area contributed by atoms with Crippen molar-refractivity contribution in [2.45, 2.75) is 13.0 Å². The van der Waals surface area contributed by atoms with E-state index in [1.807, 2.05) is 24.3 Å². The fraction of sp³-hybridized carbons (Fsp3) is 0.429. The predicted octanol–water partition coefficient (Wildman–Crippen LogP) is -0.0618. The molecule has 0 spiro atoms. The summed E-state index contributed by atoms with van der Waals surface area (Å²) in [4.78, 5) is 22.9. The lowest BCUT2D eigenvalue weighted by atomic mass is 10.1. The van der Waals surface area contributed by atoms with Crippen LogP contribution in [-0.2, 0) is 16.1 Å². The lowest BCUT2D eigenvalue weighted by Gasteiger charge is -2.27. The Morgan fingerprint density at radius 3 is 2.53 bits per heavy atom. The molecule has 0 bridgehead atoms. The van der Waals surface area contributed by atoms with Crippen molar-refractivity contribution in [2.75, 3.05) is 20.7 Å². The zero-order valence-corrected chi connectivity index (χ0v) is 11.1. The number of hydrogen-bond acceptors (Lipinski definition) is 4. The van der Waals surface area contributed by atoms with E-state index in [-0.39, 0.29) is 16.8 Å². The number of hydrogen-bond donors (Lipinski definition) is 0. The molecule has 2 atom stereocenters. The first-order chi connectivity index (χ1) is 8.94. The summed E-state index contributed by atoms with van der Waals surface area (Å²) >= 11 is 0. The van der Waals surface area contributed by atoms with Crippen LogP contribution < -0.4 is 9.84 Å². The minimum absolute atomic E-state index is 0.0509. The maximum atomic E-state index is 12.0. The average molecular weight is 263 g/mol. The fourth-order valence-electron chi connectivity index (χ4n) is 2.53. The van der Waals surface area contributed by atoms with Crippen LogP contribution in [0.4, 0.5) is 0 Å². The quantitative estimate of drug-likeness (QED) is 0.714. The van der Waals surface area contributed by atoms with E-state index in [9.17, 15) is 14.7 Å². The van der Waals surface area contributed by atoms with E-state index >= 15 is 0 Å². The number of carbonyl (C=O) groups is 2. The lowest BCUT2D eigenvalue weighted by molar-refractivity contribution is -0.841. The fourth-order valence-corrected chi connectivity index (χ4v) is 2.53. The van der Waals surface area contributed by atoms with Crippen LogP contribution in [0.1, 0.15) is 12.0 Å². The minimum atomic E-state index is -1.13. The number of methoxy groups -OCH3 is 1. The van der Waals surface area contributed by atoms with Gasteiger partial charge in [0.25, 0.3) is 0 Å². The number of benzene rings is 1. The summed E-state index contributed by atoms with van der Waals surface area (Å²) < 4.78 is 5.19. The topological polar surface area (TPSA) is 66.4 Å². The molecule has 1 aromatic carbocycles. The van der Waals surface area contributed by atoms with Gasteiger partial charge in [-0.1, -0.05) is 0 Å². The standard InChI is InChI=1S/C14H17NO4/c1-15(9-11(14(17)18)7-13(15)16)8-10-3-5-12(19-2)6-4-10/h3-6,11H,7-9H2,1-2H3. The molecular formula is C14H17NO4. The van der Waals surface area contributed by atoms with E-state index in [0.717, 1.165) is 11.3 Å². The smallest absolute Gasteiger partial charge is 0.314 e. The Kier molecular flexibility index (Phi) is 3.57. The van der Waals surface area contributed by atoms with Gasteiger partial charge in [-0.3, -0.25) is 4.48 Å². The Labute approximate surface area is 112 Å². The lowest BCUT2D eigenvalue weighted by Crippen LogP contribution is -2.45. The average Bonchev–Trinajstić information content (AvgIpc) is 2.67. The van der Waals surface area contributed by atoms with E-state index in [4.69, 9.17) is 4.74 Å². The first kappa shape index (κ1) is 13.5. The van der Waals surface area contributed by atoms with Crippen LogP contribution in [-0.4, -0.2) is 37.1 Å². The summed E-state index contributed by atoms with van der Waals surface area (Å²) in [6.07, 6.45) is 0.0645. The largest absolute Gasteiger partial charge is 0.550 e. The van der Waals surface area contributed by atoms with Gasteiger partial charge in [0.15, 0.2) is 0 Å². The van der Waals surface area contributed by atoms with Crippen molar-refractivity contribution in [3.8, 4) is 5.75 Å². The highest BCUT2D eigenvalue weighted by Gasteiger charge is 2.43. The van der Waals surface area contributed by atoms with Gasteiger partial charge in [0.1, 0.15) is 12.3 Å². The van der Waals surface area contributed by atoms with E-state index in [0.29, 0.717) is 13.1 Å². The van der Waals surface area contributed by atoms with E-state index < -0.39 is 11.9 Å². The molecule has 0 N–H and O–H groups in total. The molecule has 0 radical (unpaired) electrons. The van der Waals surface area contributed by atoms with Gasteiger partial charge in [-0.05, 0) is 24.3 Å². The predicted molar refractivity (Wildman–Crippen MR) is 65.9 cm³/mol. The van der Waals surface area contributed by atoms with Crippen molar-refractivity contribution in [1.82, 2.24) is 0 Å². The van der Waals surface area contributed by atoms with Crippen LogP contribution >= 0.6 is 0 Å². The molecule has 1 aliphatic rings. The molecule has 1 fully saturated rings. The molecule has 0 aliphatic carbocycles. The second-order valence-electron chi connectivity index (χ2n) is 5.20. The molecule has 5 heteroatoms. The molecular weight excluding hydrogens is 246 g/mol. The first-order valence-electron chi connectivity index (χ1n) is 6.16. The highest BCUT2D eigenvalue weighted by molar-refractivity contribution is 5.80. The maximum absolute atomic E-state index is 12.0. The summed E-state index contributed by atoms with van der Waals surface area (Å²) in [6, 6.07) is 7.44. The Hall–Kier alpha value is -1.88. The molecule has 0 saturated carbocycles. The molecule has 1 aliphatic heterocycles. The first-order valence-corrected chi connectivity index (χ1v) is 6.16. The zero-order chi connectivity index (χ0) is 14.0. The third-order valence-electron chi connectivity index (χ3n) is 3.67. The van der Waals surface area contributed by atoms with Crippen LogP contribution in [0.2, 0.25) is 0 Å². The van der Waals surface area contributed by atoms with Gasteiger partial charge in [0.2, 0.25) is 0 Å². The number of rotatable bonds is 4. The molecule has 2 rings (SSSR count). The molecule has 0 aromatic heterocycles. The van der Waals surface area contributed by atoms with Crippen LogP contribution in [0.25, 0.3) is 0 Å². The number of ether oxygens (including phenoxy) is 1. The number of nitrogens with zero attached hydrogens (tertiary/aromatic N) is 1. The van der Waals surface area contributed by atoms with E-state index in [1.165, 1.54) is 0 Å². The highest BCUT2D eigenvalue weighted by Crippen LogP contribution is 2.27. The van der Waals surface area contributed by atoms with Gasteiger partial charge in [0.05, 0.1) is 39.0 Å². The normalized spacial score (nSPS) is 26.4. The number of carbonyl (C=O) groups excluding carboxylic acids is 2. The second kappa shape index (κ2) is 5.01. The molecule has 5 nitrogen and oxygen atoms in total. The minimum Gasteiger partial charge on any atom is -0.550 e. The van der Waals surface area contributed by atoms with Crippen molar-refractivity contribution in [2.24, 2.45) is 5.92 Å². The zero-order valence-electron chi connectivity index (χ0n) is 11.1. The van der Waals surface area contributed by atoms with Gasteiger partial charge in [0, 0.05) is 5.56 Å². The van der Waals surface area contributed by atoms with Gasteiger partial charge in [-0.25, -0.2) is 4.79 Å². The molecule has 1 amide bonds. The third kappa shape index (κ3) is 2.76. The number of carboxylic acid groups (broad SMARTS) is 1. The number of aliphatic carboxylic acids is 1. The Morgan fingerprint density at radius 2 is 2.05 bits per heavy atom. The van der Waals surface area contributed by atoms with Crippen LogP contribution in [0, 0.1) is 5.92 Å². The van der Waals surface area contributed by atoms with E-state index in [1.54, 1.807) is 14.2 Å². The van der Waals surface area contributed by atoms with Crippen molar-refractivity contribution in [3.63, 3.8) is 0 Å². The molecule has 1 heterocycles. The van der Waals surface area contributed by atoms with Crippen molar-refractivity contribution in [3.05, 3.63) is 29.8 Å². The molecule has 2 unspecified atom stereocenters. The molecule has 19 heavy (non-hydrogen) atoms. The SMILES string of the molecule is COc1ccc(C[N+]2(C)CC(C(=O)[O-])CC2=O)cc1. The summed E-state index contributed by atoms with van der Waals surface area (Å²) in [6.45, 7) is 0.791. The van der Waals surface area contributed by atoms with Gasteiger partial charge >= 0.3 is 5.91 Å². The number of carboxylic acids is 1. The molecule has 1 aromatic rings. The number of amides is 1. The summed E-state index contributed by atoms with van der Waals surface area (Å²) in [5, 5.41) is 10.9. The van der Waals surface area contributed by atoms with Crippen LogP contribution in [0.5, 0.6) is 5.75 Å². The van der Waals surface area contributed by atoms with Crippen LogP contribution in [0.15, 0.2) is 24.3 Å². The van der Waals surface area contributed by atoms with Crippen molar-refractivity contribution in [1.29, 1.82) is 0 Å². The Morgan fingerprint density at radius 1 is 1.42 bits per heavy atom. The monoisotopic (exact) mass is 263 g/mol. The van der Waals surface area contributed by atoms with Gasteiger partial charge in [-0.15, -0.1) is 0 Å². The summed E-state index contributed by atoms with van der Waals surface area (Å²) in [5.74, 6) is -1.10. The second-order valence-corrected chi connectivity index (χ2v) is 5.20. The van der Waals surface area contributed by atoms with Gasteiger partial charge in [-0.2, -0.15) is 0 Å². The van der Waals surface area contributed by atoms with Crippen LogP contribution in [0.3, 0.4) is 0 Å². The Bertz CT molecular complexity index is 497. The van der Waals surface area contributed by atoms with Crippen molar-refractivity contribution >= 4 is 11.9 Å². The maximum Gasteiger partial charge on any atom is 0.314 e. The summed E-state index contributed by atoms with van der Waals surface area (Å²) in [5.41, 5.74) is 0.982. The highest BCUT2D eigenvalue weighted by atomic mass is 16.5. The van der Waals surface area contributed by atoms with E-state index in [2.05, 4.69) is 0 Å². The number of quaternary nitrogens is 1. The third-order valence-corrected chi connectivity index (χ3v) is 3.67. The number of likely N-dealkylation sites (tertiary alicyclic amines) is 1. The Balaban J connectivity index is 2.12.